The van der Waals surface area contributed by atoms with Crippen molar-refractivity contribution in [1.82, 2.24) is 20.5 Å². The molecule has 13 heteroatoms. The standard InChI is InChI=1S/C19H26F2N4O7/c1-11(23-14(26)10-25-5-7-31-8-6-25)17(28)24-15(18(29)30-2)16(27)13-4-3-12(9-22-13)32-19(20)21/h3-4,9,11,15-16,19,27H,5-8,10H2,1-2H3,(H,23,26)(H,24,28)/t11-,15-,16+/m0/s1. The normalized spacial score (nSPS) is 17.2. The number of aliphatic hydroxyl groups is 1. The molecule has 2 heterocycles. The van der Waals surface area contributed by atoms with Crippen molar-refractivity contribution in [2.24, 2.45) is 0 Å². The molecule has 2 amide bonds. The van der Waals surface area contributed by atoms with E-state index in [2.05, 4.69) is 25.1 Å². The summed E-state index contributed by atoms with van der Waals surface area (Å²) in [6.45, 7) is 0.687. The van der Waals surface area contributed by atoms with Gasteiger partial charge >= 0.3 is 12.6 Å². The van der Waals surface area contributed by atoms with Crippen molar-refractivity contribution in [2.75, 3.05) is 40.0 Å². The quantitative estimate of drug-likeness (QED) is 0.383. The Labute approximate surface area is 183 Å². The van der Waals surface area contributed by atoms with Gasteiger partial charge in [-0.05, 0) is 19.1 Å². The number of nitrogens with one attached hydrogen (secondary N) is 2. The highest BCUT2D eigenvalue weighted by Gasteiger charge is 2.33. The molecule has 3 N–H and O–H groups in total. The van der Waals surface area contributed by atoms with Gasteiger partial charge in [-0.3, -0.25) is 19.5 Å². The maximum atomic E-state index is 12.5. The molecule has 1 aromatic heterocycles. The SMILES string of the molecule is COC(=O)[C@@H](NC(=O)[C@H](C)NC(=O)CN1CCOCC1)[C@H](O)c1ccc(OC(F)F)cn1. The molecule has 0 radical (unpaired) electrons. The maximum absolute atomic E-state index is 12.5. The molecular formula is C19H26F2N4O7. The summed E-state index contributed by atoms with van der Waals surface area (Å²) >= 11 is 0. The van der Waals surface area contributed by atoms with E-state index in [4.69, 9.17) is 4.74 Å². The van der Waals surface area contributed by atoms with Crippen LogP contribution in [0.25, 0.3) is 0 Å². The third-order valence-electron chi connectivity index (χ3n) is 4.60. The Kier molecular flexibility index (Phi) is 9.68. The number of halogens is 2. The fourth-order valence-corrected chi connectivity index (χ4v) is 2.90. The number of carbonyl (C=O) groups is 3. The van der Waals surface area contributed by atoms with Crippen LogP contribution in [0.3, 0.4) is 0 Å². The van der Waals surface area contributed by atoms with Crippen LogP contribution in [0.15, 0.2) is 18.3 Å². The van der Waals surface area contributed by atoms with E-state index in [1.165, 1.54) is 6.92 Å². The van der Waals surface area contributed by atoms with Gasteiger partial charge in [-0.25, -0.2) is 4.79 Å². The zero-order chi connectivity index (χ0) is 23.7. The van der Waals surface area contributed by atoms with Crippen molar-refractivity contribution >= 4 is 17.8 Å². The van der Waals surface area contributed by atoms with E-state index in [9.17, 15) is 28.3 Å². The Hall–Kier alpha value is -2.90. The highest BCUT2D eigenvalue weighted by molar-refractivity contribution is 5.91. The van der Waals surface area contributed by atoms with Gasteiger partial charge < -0.3 is 30.0 Å². The first-order valence-corrected chi connectivity index (χ1v) is 9.77. The molecule has 0 spiro atoms. The number of amides is 2. The van der Waals surface area contributed by atoms with Gasteiger partial charge in [0.2, 0.25) is 11.8 Å². The van der Waals surface area contributed by atoms with Crippen LogP contribution in [0.4, 0.5) is 8.78 Å². The number of nitrogens with zero attached hydrogens (tertiary/aromatic N) is 2. The second-order valence-corrected chi connectivity index (χ2v) is 6.93. The first-order valence-electron chi connectivity index (χ1n) is 9.77. The number of aliphatic hydroxyl groups excluding tert-OH is 1. The van der Waals surface area contributed by atoms with Crippen molar-refractivity contribution in [1.29, 1.82) is 0 Å². The number of pyridine rings is 1. The van der Waals surface area contributed by atoms with Gasteiger partial charge in [0.25, 0.3) is 0 Å². The number of methoxy groups -OCH3 is 1. The molecular weight excluding hydrogens is 434 g/mol. The van der Waals surface area contributed by atoms with Gasteiger partial charge in [-0.2, -0.15) is 8.78 Å². The third kappa shape index (κ3) is 7.66. The van der Waals surface area contributed by atoms with Gasteiger partial charge in [0.05, 0.1) is 38.8 Å². The first-order chi connectivity index (χ1) is 15.2. The Balaban J connectivity index is 1.98. The Bertz CT molecular complexity index is 775. The molecule has 1 fully saturated rings. The van der Waals surface area contributed by atoms with Crippen molar-refractivity contribution in [3.8, 4) is 5.75 Å². The Morgan fingerprint density at radius 1 is 1.25 bits per heavy atom. The average molecular weight is 460 g/mol. The molecule has 3 atom stereocenters. The lowest BCUT2D eigenvalue weighted by atomic mass is 10.1. The molecule has 1 saturated heterocycles. The number of morpholine rings is 1. The molecule has 32 heavy (non-hydrogen) atoms. The van der Waals surface area contributed by atoms with Crippen LogP contribution in [0.5, 0.6) is 5.75 Å². The number of carbonyl (C=O) groups excluding carboxylic acids is 3. The number of hydrogen-bond donors (Lipinski definition) is 3. The smallest absolute Gasteiger partial charge is 0.387 e. The van der Waals surface area contributed by atoms with E-state index in [1.54, 1.807) is 0 Å². The molecule has 11 nitrogen and oxygen atoms in total. The van der Waals surface area contributed by atoms with Crippen molar-refractivity contribution in [2.45, 2.75) is 31.7 Å². The molecule has 1 aliphatic heterocycles. The summed E-state index contributed by atoms with van der Waals surface area (Å²) < 4.78 is 38.5. The summed E-state index contributed by atoms with van der Waals surface area (Å²) in [6.07, 6.45) is -0.710. The van der Waals surface area contributed by atoms with E-state index in [0.29, 0.717) is 26.3 Å². The van der Waals surface area contributed by atoms with Gasteiger partial charge in [-0.15, -0.1) is 0 Å². The van der Waals surface area contributed by atoms with Crippen LogP contribution in [0, 0.1) is 0 Å². The van der Waals surface area contributed by atoms with Crippen molar-refractivity contribution < 1.29 is 42.5 Å². The van der Waals surface area contributed by atoms with Crippen LogP contribution in [-0.4, -0.2) is 91.4 Å². The minimum absolute atomic E-state index is 0.0843. The summed E-state index contributed by atoms with van der Waals surface area (Å²) in [6, 6.07) is -0.279. The zero-order valence-electron chi connectivity index (χ0n) is 17.6. The van der Waals surface area contributed by atoms with Crippen LogP contribution in [-0.2, 0) is 23.9 Å². The zero-order valence-corrected chi connectivity index (χ0v) is 17.6. The highest BCUT2D eigenvalue weighted by atomic mass is 19.3. The number of hydrogen-bond acceptors (Lipinski definition) is 9. The summed E-state index contributed by atoms with van der Waals surface area (Å²) in [4.78, 5) is 42.5. The van der Waals surface area contributed by atoms with E-state index in [-0.39, 0.29) is 23.9 Å². The fourth-order valence-electron chi connectivity index (χ4n) is 2.90. The van der Waals surface area contributed by atoms with Crippen LogP contribution < -0.4 is 15.4 Å². The third-order valence-corrected chi connectivity index (χ3v) is 4.60. The number of ether oxygens (including phenoxy) is 3. The van der Waals surface area contributed by atoms with Gasteiger partial charge in [0.15, 0.2) is 6.04 Å². The monoisotopic (exact) mass is 460 g/mol. The van der Waals surface area contributed by atoms with E-state index in [1.807, 2.05) is 4.90 Å². The molecule has 1 aromatic rings. The molecule has 0 bridgehead atoms. The number of alkyl halides is 2. The lowest BCUT2D eigenvalue weighted by Gasteiger charge is -2.27. The molecule has 0 saturated carbocycles. The molecule has 2 rings (SSSR count). The topological polar surface area (TPSA) is 139 Å². The first kappa shape index (κ1) is 25.4. The lowest BCUT2D eigenvalue weighted by Crippen LogP contribution is -2.54. The molecule has 0 aliphatic carbocycles. The minimum Gasteiger partial charge on any atom is -0.467 e. The maximum Gasteiger partial charge on any atom is 0.387 e. The van der Waals surface area contributed by atoms with E-state index >= 15 is 0 Å². The Morgan fingerprint density at radius 3 is 2.50 bits per heavy atom. The van der Waals surface area contributed by atoms with E-state index in [0.717, 1.165) is 25.4 Å². The predicted molar refractivity (Wildman–Crippen MR) is 105 cm³/mol. The summed E-state index contributed by atoms with van der Waals surface area (Å²) in [7, 11) is 1.06. The summed E-state index contributed by atoms with van der Waals surface area (Å²) in [5.74, 6) is -2.34. The van der Waals surface area contributed by atoms with Crippen LogP contribution >= 0.6 is 0 Å². The molecule has 1 aliphatic rings. The van der Waals surface area contributed by atoms with Gasteiger partial charge in [-0.1, -0.05) is 0 Å². The highest BCUT2D eigenvalue weighted by Crippen LogP contribution is 2.20. The molecule has 0 unspecified atom stereocenters. The summed E-state index contributed by atoms with van der Waals surface area (Å²) in [5.41, 5.74) is -0.0914. The van der Waals surface area contributed by atoms with Crippen molar-refractivity contribution in [3.63, 3.8) is 0 Å². The fraction of sp³-hybridized carbons (Fsp3) is 0.579. The number of aromatic nitrogens is 1. The number of rotatable bonds is 10. The molecule has 178 valence electrons. The van der Waals surface area contributed by atoms with Crippen LogP contribution in [0.1, 0.15) is 18.7 Å². The molecule has 0 aromatic carbocycles. The Morgan fingerprint density at radius 2 is 1.94 bits per heavy atom. The lowest BCUT2D eigenvalue weighted by molar-refractivity contribution is -0.149. The second-order valence-electron chi connectivity index (χ2n) is 6.93. The number of esters is 1. The van der Waals surface area contributed by atoms with Gasteiger partial charge in [0.1, 0.15) is 17.9 Å². The van der Waals surface area contributed by atoms with Crippen molar-refractivity contribution in [3.05, 3.63) is 24.0 Å². The van der Waals surface area contributed by atoms with Crippen LogP contribution in [0.2, 0.25) is 0 Å². The largest absolute Gasteiger partial charge is 0.467 e. The van der Waals surface area contributed by atoms with Gasteiger partial charge in [0, 0.05) is 13.1 Å². The second kappa shape index (κ2) is 12.2. The predicted octanol–water partition coefficient (Wildman–Crippen LogP) is -0.789. The average Bonchev–Trinajstić information content (AvgIpc) is 2.77. The summed E-state index contributed by atoms with van der Waals surface area (Å²) in [5, 5.41) is 15.4. The minimum atomic E-state index is -3.05. The van der Waals surface area contributed by atoms with E-state index < -0.39 is 36.7 Å².